The molecule has 0 radical (unpaired) electrons. The van der Waals surface area contributed by atoms with Crippen molar-refractivity contribution in [2.45, 2.75) is 13.5 Å². The van der Waals surface area contributed by atoms with E-state index in [-0.39, 0.29) is 24.5 Å². The highest BCUT2D eigenvalue weighted by atomic mass is 32.1. The van der Waals surface area contributed by atoms with Crippen LogP contribution in [0.3, 0.4) is 0 Å². The molecule has 0 fully saturated rings. The molecule has 10 heteroatoms. The van der Waals surface area contributed by atoms with Crippen molar-refractivity contribution in [1.29, 1.82) is 5.26 Å². The van der Waals surface area contributed by atoms with Gasteiger partial charge in [0.15, 0.2) is 0 Å². The van der Waals surface area contributed by atoms with Gasteiger partial charge in [0, 0.05) is 10.9 Å². The number of nitrogens with one attached hydrogen (secondary N) is 1. The SMILES string of the molecule is CCOC(=O)c1c(-c2ccco2)csc1NC(=O)Cn1cnnc1C#N. The van der Waals surface area contributed by atoms with E-state index in [1.165, 1.54) is 28.5 Å². The molecule has 0 saturated heterocycles. The largest absolute Gasteiger partial charge is 0.464 e. The number of ether oxygens (including phenoxy) is 1. The van der Waals surface area contributed by atoms with Crippen molar-refractivity contribution in [1.82, 2.24) is 14.8 Å². The molecule has 0 aliphatic rings. The van der Waals surface area contributed by atoms with Gasteiger partial charge in [-0.15, -0.1) is 21.5 Å². The third-order valence-corrected chi connectivity index (χ3v) is 4.24. The predicted octanol–water partition coefficient (Wildman–Crippen LogP) is 2.29. The first-order chi connectivity index (χ1) is 12.6. The predicted molar refractivity (Wildman–Crippen MR) is 91.3 cm³/mol. The summed E-state index contributed by atoms with van der Waals surface area (Å²) >= 11 is 1.18. The van der Waals surface area contributed by atoms with Gasteiger partial charge in [0.2, 0.25) is 11.7 Å². The van der Waals surface area contributed by atoms with Crippen molar-refractivity contribution in [3.8, 4) is 17.4 Å². The van der Waals surface area contributed by atoms with Crippen LogP contribution in [0.5, 0.6) is 0 Å². The normalized spacial score (nSPS) is 10.3. The molecule has 132 valence electrons. The van der Waals surface area contributed by atoms with E-state index in [4.69, 9.17) is 14.4 Å². The van der Waals surface area contributed by atoms with Gasteiger partial charge >= 0.3 is 5.97 Å². The first-order valence-corrected chi connectivity index (χ1v) is 8.42. The Bertz CT molecular complexity index is 967. The highest BCUT2D eigenvalue weighted by molar-refractivity contribution is 7.15. The fourth-order valence-corrected chi connectivity index (χ4v) is 3.20. The van der Waals surface area contributed by atoms with Crippen molar-refractivity contribution in [2.75, 3.05) is 11.9 Å². The second-order valence-electron chi connectivity index (χ2n) is 4.99. The zero-order valence-electron chi connectivity index (χ0n) is 13.6. The van der Waals surface area contributed by atoms with E-state index in [0.29, 0.717) is 16.3 Å². The quantitative estimate of drug-likeness (QED) is 0.659. The molecular formula is C16H13N5O4S. The number of anilines is 1. The molecule has 0 aliphatic carbocycles. The molecule has 0 saturated carbocycles. The molecule has 0 bridgehead atoms. The first-order valence-electron chi connectivity index (χ1n) is 7.54. The molecule has 9 nitrogen and oxygen atoms in total. The Hall–Kier alpha value is -3.45. The molecule has 3 aromatic heterocycles. The Morgan fingerprint density at radius 3 is 3.04 bits per heavy atom. The summed E-state index contributed by atoms with van der Waals surface area (Å²) in [7, 11) is 0. The highest BCUT2D eigenvalue weighted by Gasteiger charge is 2.24. The molecule has 3 aromatic rings. The molecule has 3 rings (SSSR count). The maximum Gasteiger partial charge on any atom is 0.341 e. The van der Waals surface area contributed by atoms with Crippen LogP contribution in [0.1, 0.15) is 23.1 Å². The van der Waals surface area contributed by atoms with Crippen LogP contribution in [0.25, 0.3) is 11.3 Å². The summed E-state index contributed by atoms with van der Waals surface area (Å²) in [4.78, 5) is 24.7. The van der Waals surface area contributed by atoms with Gasteiger partial charge in [0.1, 0.15) is 35.3 Å². The Morgan fingerprint density at radius 1 is 1.50 bits per heavy atom. The van der Waals surface area contributed by atoms with Crippen molar-refractivity contribution < 1.29 is 18.7 Å². The average Bonchev–Trinajstić information content (AvgIpc) is 3.35. The van der Waals surface area contributed by atoms with Gasteiger partial charge in [-0.2, -0.15) is 5.26 Å². The molecule has 1 amide bonds. The van der Waals surface area contributed by atoms with Crippen LogP contribution >= 0.6 is 11.3 Å². The number of thiophene rings is 1. The van der Waals surface area contributed by atoms with E-state index in [1.54, 1.807) is 24.4 Å². The van der Waals surface area contributed by atoms with Crippen LogP contribution in [0.4, 0.5) is 5.00 Å². The van der Waals surface area contributed by atoms with Crippen LogP contribution < -0.4 is 5.32 Å². The van der Waals surface area contributed by atoms with E-state index in [1.807, 2.05) is 6.07 Å². The molecule has 0 aromatic carbocycles. The van der Waals surface area contributed by atoms with Gasteiger partial charge in [-0.1, -0.05) is 0 Å². The van der Waals surface area contributed by atoms with Crippen LogP contribution in [0.2, 0.25) is 0 Å². The van der Waals surface area contributed by atoms with Crippen LogP contribution in [-0.2, 0) is 16.1 Å². The Morgan fingerprint density at radius 2 is 2.35 bits per heavy atom. The lowest BCUT2D eigenvalue weighted by Gasteiger charge is -2.08. The lowest BCUT2D eigenvalue weighted by Crippen LogP contribution is -2.20. The number of carbonyl (C=O) groups is 2. The molecule has 3 heterocycles. The third-order valence-electron chi connectivity index (χ3n) is 3.34. The second-order valence-corrected chi connectivity index (χ2v) is 5.87. The van der Waals surface area contributed by atoms with Crippen LogP contribution in [0.15, 0.2) is 34.5 Å². The monoisotopic (exact) mass is 371 g/mol. The molecule has 0 atom stereocenters. The summed E-state index contributed by atoms with van der Waals surface area (Å²) in [6.07, 6.45) is 2.78. The second kappa shape index (κ2) is 7.62. The summed E-state index contributed by atoms with van der Waals surface area (Å²) in [6.45, 7) is 1.74. The Balaban J connectivity index is 1.86. The summed E-state index contributed by atoms with van der Waals surface area (Å²) in [5.74, 6) is -0.472. The molecule has 26 heavy (non-hydrogen) atoms. The fourth-order valence-electron chi connectivity index (χ4n) is 2.25. The highest BCUT2D eigenvalue weighted by Crippen LogP contribution is 2.36. The number of hydrogen-bond acceptors (Lipinski definition) is 8. The maximum absolute atomic E-state index is 12.4. The molecule has 0 spiro atoms. The molecule has 1 N–H and O–H groups in total. The number of furan rings is 1. The van der Waals surface area contributed by atoms with Gasteiger partial charge < -0.3 is 14.5 Å². The zero-order valence-corrected chi connectivity index (χ0v) is 14.4. The minimum absolute atomic E-state index is 0.0215. The number of carbonyl (C=O) groups excluding carboxylic acids is 2. The number of nitrogens with zero attached hydrogens (tertiary/aromatic N) is 4. The summed E-state index contributed by atoms with van der Waals surface area (Å²) < 4.78 is 11.8. The molecular weight excluding hydrogens is 358 g/mol. The summed E-state index contributed by atoms with van der Waals surface area (Å²) in [5.41, 5.74) is 0.764. The van der Waals surface area contributed by atoms with E-state index in [2.05, 4.69) is 15.5 Å². The molecule has 0 aliphatic heterocycles. The third kappa shape index (κ3) is 3.47. The van der Waals surface area contributed by atoms with Gasteiger partial charge in [-0.3, -0.25) is 9.36 Å². The van der Waals surface area contributed by atoms with Crippen molar-refractivity contribution >= 4 is 28.2 Å². The smallest absolute Gasteiger partial charge is 0.341 e. The number of esters is 1. The lowest BCUT2D eigenvalue weighted by atomic mass is 10.1. The Kier molecular flexibility index (Phi) is 5.09. The van der Waals surface area contributed by atoms with Crippen LogP contribution in [0, 0.1) is 11.3 Å². The summed E-state index contributed by atoms with van der Waals surface area (Å²) in [5, 5.41) is 20.8. The van der Waals surface area contributed by atoms with Crippen molar-refractivity contribution in [3.05, 3.63) is 41.5 Å². The van der Waals surface area contributed by atoms with Crippen molar-refractivity contribution in [2.24, 2.45) is 0 Å². The topological polar surface area (TPSA) is 123 Å². The standard InChI is InChI=1S/C16H13N5O4S/c1-2-24-16(23)14-10(11-4-3-5-25-11)8-26-15(14)19-13(22)7-21-9-18-20-12(21)6-17/h3-5,8-9H,2,7H2,1H3,(H,19,22). The minimum atomic E-state index is -0.558. The van der Waals surface area contributed by atoms with Crippen molar-refractivity contribution in [3.63, 3.8) is 0 Å². The Labute approximate surface area is 151 Å². The number of aromatic nitrogens is 3. The van der Waals surface area contributed by atoms with Gasteiger partial charge in [-0.05, 0) is 19.1 Å². The zero-order chi connectivity index (χ0) is 18.5. The van der Waals surface area contributed by atoms with E-state index < -0.39 is 11.9 Å². The number of amides is 1. The number of rotatable bonds is 6. The minimum Gasteiger partial charge on any atom is -0.464 e. The van der Waals surface area contributed by atoms with Crippen LogP contribution in [-0.4, -0.2) is 33.2 Å². The van der Waals surface area contributed by atoms with Gasteiger partial charge in [-0.25, -0.2) is 4.79 Å². The van der Waals surface area contributed by atoms with E-state index in [0.717, 1.165) is 0 Å². The number of nitriles is 1. The maximum atomic E-state index is 12.4. The lowest BCUT2D eigenvalue weighted by molar-refractivity contribution is -0.116. The number of hydrogen-bond donors (Lipinski definition) is 1. The van der Waals surface area contributed by atoms with E-state index >= 15 is 0 Å². The summed E-state index contributed by atoms with van der Waals surface area (Å²) in [6, 6.07) is 5.26. The van der Waals surface area contributed by atoms with E-state index in [9.17, 15) is 9.59 Å². The molecule has 0 unspecified atom stereocenters. The average molecular weight is 371 g/mol. The first kappa shape index (κ1) is 17.4. The fraction of sp³-hybridized carbons (Fsp3) is 0.188. The van der Waals surface area contributed by atoms with Gasteiger partial charge in [0.25, 0.3) is 0 Å². The van der Waals surface area contributed by atoms with Gasteiger partial charge in [0.05, 0.1) is 12.9 Å².